The summed E-state index contributed by atoms with van der Waals surface area (Å²) >= 11 is 3.29. The number of Topliss-reactive ketones (excluding diaryl/α,β-unsaturated/α-hetero) is 1. The molecule has 2 aromatic rings. The highest BCUT2D eigenvalue weighted by molar-refractivity contribution is 9.10. The van der Waals surface area contributed by atoms with E-state index in [1.165, 1.54) is 6.92 Å². The van der Waals surface area contributed by atoms with Crippen molar-refractivity contribution in [3.05, 3.63) is 70.2 Å². The minimum absolute atomic E-state index is 0.297. The van der Waals surface area contributed by atoms with Crippen molar-refractivity contribution < 1.29 is 19.1 Å². The van der Waals surface area contributed by atoms with Crippen molar-refractivity contribution in [3.8, 4) is 0 Å². The third-order valence-corrected chi connectivity index (χ3v) is 3.99. The molecular formula is C19H18BrNO4. The number of hydrogen-bond donors (Lipinski definition) is 1. The zero-order valence-corrected chi connectivity index (χ0v) is 15.3. The second-order valence-corrected chi connectivity index (χ2v) is 6.40. The number of benzene rings is 2. The number of ketones is 1. The number of nitrogens with one attached hydrogen (secondary N) is 1. The number of halogens is 1. The summed E-state index contributed by atoms with van der Waals surface area (Å²) in [6, 6.07) is 15.2. The average molecular weight is 404 g/mol. The molecule has 0 aliphatic heterocycles. The SMILES string of the molecule is CC(=O)N[C@H](Cc1ccccc1)C(=O)OCC(=O)c1ccc(Br)cc1. The van der Waals surface area contributed by atoms with Crippen LogP contribution >= 0.6 is 15.9 Å². The monoisotopic (exact) mass is 403 g/mol. The van der Waals surface area contributed by atoms with Gasteiger partial charge in [0.05, 0.1) is 0 Å². The van der Waals surface area contributed by atoms with Gasteiger partial charge < -0.3 is 10.1 Å². The molecular weight excluding hydrogens is 386 g/mol. The summed E-state index contributed by atoms with van der Waals surface area (Å²) in [6.07, 6.45) is 0.297. The number of hydrogen-bond acceptors (Lipinski definition) is 4. The molecule has 25 heavy (non-hydrogen) atoms. The number of carbonyl (C=O) groups excluding carboxylic acids is 3. The summed E-state index contributed by atoms with van der Waals surface area (Å²) in [5, 5.41) is 2.57. The van der Waals surface area contributed by atoms with Crippen molar-refractivity contribution in [1.29, 1.82) is 0 Å². The Labute approximate surface area is 154 Å². The van der Waals surface area contributed by atoms with Crippen molar-refractivity contribution in [2.45, 2.75) is 19.4 Å². The third kappa shape index (κ3) is 6.15. The van der Waals surface area contributed by atoms with Crippen LogP contribution in [0.1, 0.15) is 22.8 Å². The molecule has 5 nitrogen and oxygen atoms in total. The fourth-order valence-corrected chi connectivity index (χ4v) is 2.51. The van der Waals surface area contributed by atoms with Gasteiger partial charge in [-0.05, 0) is 17.7 Å². The van der Waals surface area contributed by atoms with Crippen molar-refractivity contribution >= 4 is 33.6 Å². The van der Waals surface area contributed by atoms with E-state index in [1.54, 1.807) is 24.3 Å². The van der Waals surface area contributed by atoms with Gasteiger partial charge in [0.2, 0.25) is 5.91 Å². The minimum Gasteiger partial charge on any atom is -0.456 e. The predicted molar refractivity (Wildman–Crippen MR) is 97.2 cm³/mol. The number of esters is 1. The normalized spacial score (nSPS) is 11.4. The molecule has 0 saturated carbocycles. The van der Waals surface area contributed by atoms with Gasteiger partial charge in [-0.15, -0.1) is 0 Å². The standard InChI is InChI=1S/C19H18BrNO4/c1-13(22)21-17(11-14-5-3-2-4-6-14)19(24)25-12-18(23)15-7-9-16(20)10-8-15/h2-10,17H,11-12H2,1H3,(H,21,22)/t17-/m1/s1. The average Bonchev–Trinajstić information content (AvgIpc) is 2.60. The summed E-state index contributed by atoms with van der Waals surface area (Å²) in [5.74, 6) is -1.27. The lowest BCUT2D eigenvalue weighted by atomic mass is 10.1. The van der Waals surface area contributed by atoms with Crippen molar-refractivity contribution in [3.63, 3.8) is 0 Å². The number of ether oxygens (including phenoxy) is 1. The van der Waals surface area contributed by atoms with Gasteiger partial charge in [0.25, 0.3) is 0 Å². The van der Waals surface area contributed by atoms with Gasteiger partial charge in [0, 0.05) is 23.4 Å². The van der Waals surface area contributed by atoms with E-state index >= 15 is 0 Å². The zero-order valence-electron chi connectivity index (χ0n) is 13.7. The van der Waals surface area contributed by atoms with E-state index in [2.05, 4.69) is 21.2 Å². The Bertz CT molecular complexity index is 744. The Kier molecular flexibility index (Phi) is 6.89. The molecule has 0 aromatic heterocycles. The lowest BCUT2D eigenvalue weighted by molar-refractivity contribution is -0.146. The molecule has 2 rings (SSSR count). The van der Waals surface area contributed by atoms with Crippen LogP contribution in [-0.2, 0) is 20.7 Å². The minimum atomic E-state index is -0.836. The Balaban J connectivity index is 1.97. The Morgan fingerprint density at radius 3 is 2.28 bits per heavy atom. The quantitative estimate of drug-likeness (QED) is 0.569. The molecule has 1 atom stereocenters. The van der Waals surface area contributed by atoms with Crippen molar-refractivity contribution in [2.24, 2.45) is 0 Å². The smallest absolute Gasteiger partial charge is 0.329 e. The number of amides is 1. The van der Waals surface area contributed by atoms with Crippen LogP contribution in [-0.4, -0.2) is 30.3 Å². The first-order valence-corrected chi connectivity index (χ1v) is 8.51. The van der Waals surface area contributed by atoms with Crippen LogP contribution in [0.25, 0.3) is 0 Å². The zero-order chi connectivity index (χ0) is 18.2. The van der Waals surface area contributed by atoms with Gasteiger partial charge in [-0.2, -0.15) is 0 Å². The molecule has 0 heterocycles. The van der Waals surface area contributed by atoms with Crippen LogP contribution in [0.15, 0.2) is 59.1 Å². The van der Waals surface area contributed by atoms with Crippen LogP contribution in [0.5, 0.6) is 0 Å². The van der Waals surface area contributed by atoms with Gasteiger partial charge in [0.15, 0.2) is 12.4 Å². The molecule has 2 aromatic carbocycles. The van der Waals surface area contributed by atoms with Gasteiger partial charge in [0.1, 0.15) is 6.04 Å². The first-order chi connectivity index (χ1) is 12.0. The van der Waals surface area contributed by atoms with Crippen molar-refractivity contribution in [1.82, 2.24) is 5.32 Å². The predicted octanol–water partition coefficient (Wildman–Crippen LogP) is 2.92. The Morgan fingerprint density at radius 2 is 1.68 bits per heavy atom. The molecule has 0 unspecified atom stereocenters. The number of carbonyl (C=O) groups is 3. The maximum Gasteiger partial charge on any atom is 0.329 e. The highest BCUT2D eigenvalue weighted by Gasteiger charge is 2.22. The fourth-order valence-electron chi connectivity index (χ4n) is 2.24. The summed E-state index contributed by atoms with van der Waals surface area (Å²) in [4.78, 5) is 35.7. The summed E-state index contributed by atoms with van der Waals surface area (Å²) in [5.41, 5.74) is 1.34. The molecule has 1 amide bonds. The first-order valence-electron chi connectivity index (χ1n) is 7.72. The highest BCUT2D eigenvalue weighted by atomic mass is 79.9. The highest BCUT2D eigenvalue weighted by Crippen LogP contribution is 2.11. The summed E-state index contributed by atoms with van der Waals surface area (Å²) < 4.78 is 5.96. The molecule has 0 bridgehead atoms. The van der Waals surface area contributed by atoms with Crippen LogP contribution in [0.2, 0.25) is 0 Å². The topological polar surface area (TPSA) is 72.5 Å². The molecule has 0 aliphatic rings. The van der Waals surface area contributed by atoms with E-state index in [1.807, 2.05) is 30.3 Å². The van der Waals surface area contributed by atoms with E-state index in [0.29, 0.717) is 12.0 Å². The van der Waals surface area contributed by atoms with E-state index in [0.717, 1.165) is 10.0 Å². The molecule has 0 aliphatic carbocycles. The third-order valence-electron chi connectivity index (χ3n) is 3.46. The maximum absolute atomic E-state index is 12.3. The number of rotatable bonds is 7. The van der Waals surface area contributed by atoms with Crippen LogP contribution in [0.4, 0.5) is 0 Å². The van der Waals surface area contributed by atoms with Crippen LogP contribution < -0.4 is 5.32 Å². The lowest BCUT2D eigenvalue weighted by Gasteiger charge is -2.16. The molecule has 0 fully saturated rings. The van der Waals surface area contributed by atoms with Gasteiger partial charge in [-0.1, -0.05) is 58.4 Å². The molecule has 0 saturated heterocycles. The molecule has 6 heteroatoms. The fraction of sp³-hybridized carbons (Fsp3) is 0.211. The van der Waals surface area contributed by atoms with Gasteiger partial charge in [-0.25, -0.2) is 4.79 Å². The Morgan fingerprint density at radius 1 is 1.04 bits per heavy atom. The summed E-state index contributed by atoms with van der Waals surface area (Å²) in [7, 11) is 0. The van der Waals surface area contributed by atoms with E-state index in [4.69, 9.17) is 4.74 Å². The van der Waals surface area contributed by atoms with E-state index < -0.39 is 12.0 Å². The molecule has 0 radical (unpaired) electrons. The van der Waals surface area contributed by atoms with Crippen LogP contribution in [0.3, 0.4) is 0 Å². The summed E-state index contributed by atoms with van der Waals surface area (Å²) in [6.45, 7) is 0.962. The maximum atomic E-state index is 12.3. The van der Waals surface area contributed by atoms with Crippen LogP contribution in [0, 0.1) is 0 Å². The molecule has 0 spiro atoms. The van der Waals surface area contributed by atoms with E-state index in [9.17, 15) is 14.4 Å². The molecule has 130 valence electrons. The second-order valence-electron chi connectivity index (χ2n) is 5.48. The lowest BCUT2D eigenvalue weighted by Crippen LogP contribution is -2.42. The second kappa shape index (κ2) is 9.13. The van der Waals surface area contributed by atoms with E-state index in [-0.39, 0.29) is 18.3 Å². The largest absolute Gasteiger partial charge is 0.456 e. The van der Waals surface area contributed by atoms with Gasteiger partial charge >= 0.3 is 5.97 Å². The van der Waals surface area contributed by atoms with Crippen molar-refractivity contribution in [2.75, 3.05) is 6.61 Å². The van der Waals surface area contributed by atoms with Gasteiger partial charge in [-0.3, -0.25) is 9.59 Å². The Hall–Kier alpha value is -2.47. The molecule has 1 N–H and O–H groups in total. The first kappa shape index (κ1) is 18.9.